The van der Waals surface area contributed by atoms with E-state index in [-0.39, 0.29) is 6.10 Å². The minimum Gasteiger partial charge on any atom is -0.369 e. The zero-order chi connectivity index (χ0) is 14.2. The predicted molar refractivity (Wildman–Crippen MR) is 82.6 cm³/mol. The second kappa shape index (κ2) is 5.57. The molecule has 112 valence electrons. The number of aromatic nitrogens is 1. The molecule has 1 saturated carbocycles. The third-order valence-corrected chi connectivity index (χ3v) is 5.64. The Morgan fingerprint density at radius 1 is 1.10 bits per heavy atom. The largest absolute Gasteiger partial charge is 0.369 e. The van der Waals surface area contributed by atoms with E-state index >= 15 is 0 Å². The van der Waals surface area contributed by atoms with Crippen LogP contribution in [0.3, 0.4) is 0 Å². The molecule has 0 spiro atoms. The van der Waals surface area contributed by atoms with Crippen LogP contribution >= 0.6 is 0 Å². The number of allylic oxidation sites excluding steroid dienone is 1. The molecule has 1 aliphatic heterocycles. The third-order valence-electron chi connectivity index (χ3n) is 5.64. The van der Waals surface area contributed by atoms with Gasteiger partial charge in [-0.25, -0.2) is 4.57 Å². The van der Waals surface area contributed by atoms with Crippen LogP contribution in [0, 0.1) is 11.8 Å². The molecule has 2 nitrogen and oxygen atoms in total. The molecular formula is C19H26NO+. The average Bonchev–Trinajstić information content (AvgIpc) is 2.54. The molecule has 4 rings (SSSR count). The van der Waals surface area contributed by atoms with E-state index in [2.05, 4.69) is 42.2 Å². The van der Waals surface area contributed by atoms with Gasteiger partial charge in [-0.05, 0) is 38.2 Å². The van der Waals surface area contributed by atoms with Crippen molar-refractivity contribution < 1.29 is 9.30 Å². The highest BCUT2D eigenvalue weighted by molar-refractivity contribution is 5.25. The van der Waals surface area contributed by atoms with Crippen LogP contribution in [0.5, 0.6) is 0 Å². The molecule has 1 saturated heterocycles. The van der Waals surface area contributed by atoms with Crippen molar-refractivity contribution in [2.75, 3.05) is 0 Å². The molecule has 2 aliphatic carbocycles. The predicted octanol–water partition coefficient (Wildman–Crippen LogP) is 3.87. The molecule has 0 bridgehead atoms. The first-order chi connectivity index (χ1) is 10.3. The van der Waals surface area contributed by atoms with Gasteiger partial charge >= 0.3 is 0 Å². The zero-order valence-electron chi connectivity index (χ0n) is 13.0. The average molecular weight is 284 g/mol. The Bertz CT molecular complexity index is 550. The first-order valence-corrected chi connectivity index (χ1v) is 8.63. The van der Waals surface area contributed by atoms with E-state index in [1.165, 1.54) is 50.5 Å². The first-order valence-electron chi connectivity index (χ1n) is 8.63. The van der Waals surface area contributed by atoms with Gasteiger partial charge in [0.2, 0.25) is 0 Å². The Labute approximate surface area is 127 Å². The number of pyridine rings is 1. The number of ether oxygens (including phenoxy) is 1. The summed E-state index contributed by atoms with van der Waals surface area (Å²) in [6.45, 7) is 0. The summed E-state index contributed by atoms with van der Waals surface area (Å²) in [5.74, 6) is 1.35. The number of fused-ring (bicyclic) bond motifs is 3. The molecule has 0 N–H and O–H groups in total. The molecule has 3 aliphatic rings. The minimum absolute atomic E-state index is 0.281. The van der Waals surface area contributed by atoms with Crippen molar-refractivity contribution in [3.8, 4) is 0 Å². The molecule has 0 aromatic carbocycles. The summed E-state index contributed by atoms with van der Waals surface area (Å²) >= 11 is 0. The number of nitrogens with zero attached hydrogens (tertiary/aromatic N) is 1. The van der Waals surface area contributed by atoms with E-state index in [9.17, 15) is 0 Å². The maximum Gasteiger partial charge on any atom is 0.174 e. The van der Waals surface area contributed by atoms with Crippen LogP contribution in [0.25, 0.3) is 0 Å². The minimum atomic E-state index is 0.281. The molecular weight excluding hydrogens is 258 g/mol. The Balaban J connectivity index is 1.70. The van der Waals surface area contributed by atoms with Crippen molar-refractivity contribution in [1.82, 2.24) is 0 Å². The summed E-state index contributed by atoms with van der Waals surface area (Å²) in [4.78, 5) is 0. The summed E-state index contributed by atoms with van der Waals surface area (Å²) in [7, 11) is 2.10. The van der Waals surface area contributed by atoms with E-state index in [1.807, 2.05) is 0 Å². The molecule has 0 radical (unpaired) electrons. The van der Waals surface area contributed by atoms with E-state index in [4.69, 9.17) is 4.74 Å². The van der Waals surface area contributed by atoms with E-state index < -0.39 is 0 Å². The molecule has 2 fully saturated rings. The van der Waals surface area contributed by atoms with Crippen molar-refractivity contribution in [2.45, 2.75) is 57.2 Å². The van der Waals surface area contributed by atoms with Gasteiger partial charge in [-0.1, -0.05) is 24.5 Å². The Morgan fingerprint density at radius 3 is 2.86 bits per heavy atom. The highest BCUT2D eigenvalue weighted by Gasteiger charge is 2.43. The molecule has 21 heavy (non-hydrogen) atoms. The molecule has 4 atom stereocenters. The fraction of sp³-hybridized carbons (Fsp3) is 0.632. The standard InChI is InChI=1S/C19H26NO/c1-20-12-6-7-14(13-20)19-17-10-3-2-8-15(17)16-9-4-5-11-18(16)21-19/h6-8,12-13,16-19H,2-5,9-11H2,1H3/q+1/t16-,17+,18-,19+/m0/s1. The van der Waals surface area contributed by atoms with Crippen molar-refractivity contribution in [2.24, 2.45) is 18.9 Å². The lowest BCUT2D eigenvalue weighted by Gasteiger charge is -2.47. The Hall–Kier alpha value is -1.15. The smallest absolute Gasteiger partial charge is 0.174 e. The van der Waals surface area contributed by atoms with Crippen molar-refractivity contribution >= 4 is 0 Å². The third kappa shape index (κ3) is 2.44. The summed E-state index contributed by atoms with van der Waals surface area (Å²) < 4.78 is 8.80. The summed E-state index contributed by atoms with van der Waals surface area (Å²) in [6, 6.07) is 4.40. The van der Waals surface area contributed by atoms with Crippen molar-refractivity contribution in [3.63, 3.8) is 0 Å². The van der Waals surface area contributed by atoms with E-state index in [1.54, 1.807) is 5.57 Å². The number of aryl methyl sites for hydroxylation is 1. The van der Waals surface area contributed by atoms with Gasteiger partial charge in [-0.3, -0.25) is 0 Å². The van der Waals surface area contributed by atoms with Gasteiger partial charge in [0.25, 0.3) is 0 Å². The van der Waals surface area contributed by atoms with Crippen LogP contribution in [-0.4, -0.2) is 6.10 Å². The summed E-state index contributed by atoms with van der Waals surface area (Å²) in [6.07, 6.45) is 16.9. The zero-order valence-corrected chi connectivity index (χ0v) is 13.0. The van der Waals surface area contributed by atoms with Gasteiger partial charge in [-0.2, -0.15) is 0 Å². The van der Waals surface area contributed by atoms with Gasteiger partial charge in [-0.15, -0.1) is 0 Å². The van der Waals surface area contributed by atoms with Crippen molar-refractivity contribution in [3.05, 3.63) is 41.7 Å². The van der Waals surface area contributed by atoms with Crippen LogP contribution in [0.15, 0.2) is 36.2 Å². The van der Waals surface area contributed by atoms with Crippen LogP contribution in [0.1, 0.15) is 56.6 Å². The van der Waals surface area contributed by atoms with E-state index in [0.717, 1.165) is 5.92 Å². The summed E-state index contributed by atoms with van der Waals surface area (Å²) in [5.41, 5.74) is 3.11. The molecule has 0 amide bonds. The lowest BCUT2D eigenvalue weighted by molar-refractivity contribution is -0.672. The van der Waals surface area contributed by atoms with Gasteiger partial charge in [0.15, 0.2) is 12.4 Å². The van der Waals surface area contributed by atoms with Crippen LogP contribution < -0.4 is 4.57 Å². The molecule has 2 heteroatoms. The fourth-order valence-electron chi connectivity index (χ4n) is 4.69. The monoisotopic (exact) mass is 284 g/mol. The second-order valence-electron chi connectivity index (χ2n) is 7.03. The number of hydrogen-bond donors (Lipinski definition) is 0. The molecule has 1 aromatic heterocycles. The highest BCUT2D eigenvalue weighted by atomic mass is 16.5. The molecule has 2 heterocycles. The number of hydrogen-bond acceptors (Lipinski definition) is 1. The maximum atomic E-state index is 6.65. The van der Waals surface area contributed by atoms with Crippen molar-refractivity contribution in [1.29, 1.82) is 0 Å². The van der Waals surface area contributed by atoms with E-state index in [0.29, 0.717) is 12.0 Å². The van der Waals surface area contributed by atoms with Gasteiger partial charge in [0.05, 0.1) is 12.2 Å². The Morgan fingerprint density at radius 2 is 1.95 bits per heavy atom. The van der Waals surface area contributed by atoms with Crippen LogP contribution in [0.2, 0.25) is 0 Å². The van der Waals surface area contributed by atoms with Gasteiger partial charge < -0.3 is 4.74 Å². The Kier molecular flexibility index (Phi) is 3.58. The van der Waals surface area contributed by atoms with Crippen LogP contribution in [0.4, 0.5) is 0 Å². The van der Waals surface area contributed by atoms with Crippen LogP contribution in [-0.2, 0) is 11.8 Å². The summed E-state index contributed by atoms with van der Waals surface area (Å²) in [5, 5.41) is 0. The SMILES string of the molecule is C[n+]1cccc([C@H]2O[C@H]3CCCC[C@H]3C3=CCCC[C@H]32)c1. The number of rotatable bonds is 1. The second-order valence-corrected chi connectivity index (χ2v) is 7.03. The molecule has 0 unspecified atom stereocenters. The normalized spacial score (nSPS) is 35.6. The van der Waals surface area contributed by atoms with Gasteiger partial charge in [0.1, 0.15) is 7.05 Å². The lowest BCUT2D eigenvalue weighted by atomic mass is 9.68. The first kappa shape index (κ1) is 13.5. The molecule has 1 aromatic rings. The topological polar surface area (TPSA) is 13.1 Å². The fourth-order valence-corrected chi connectivity index (χ4v) is 4.69. The maximum absolute atomic E-state index is 6.65. The highest BCUT2D eigenvalue weighted by Crippen LogP contribution is 2.50. The quantitative estimate of drug-likeness (QED) is 0.563. The lowest BCUT2D eigenvalue weighted by Crippen LogP contribution is -2.42. The van der Waals surface area contributed by atoms with Gasteiger partial charge in [0, 0.05) is 23.5 Å².